The van der Waals surface area contributed by atoms with Crippen LogP contribution in [0.25, 0.3) is 22.0 Å². The number of aliphatic hydroxyl groups excluding tert-OH is 1. The summed E-state index contributed by atoms with van der Waals surface area (Å²) in [7, 11) is 1.69. The summed E-state index contributed by atoms with van der Waals surface area (Å²) in [5.41, 5.74) is 3.13. The van der Waals surface area contributed by atoms with Gasteiger partial charge in [-0.15, -0.1) is 0 Å². The molecule has 1 heterocycles. The molecule has 2 aromatic carbocycles. The molecule has 0 aliphatic carbocycles. The summed E-state index contributed by atoms with van der Waals surface area (Å²) < 4.78 is 0. The van der Waals surface area contributed by atoms with E-state index in [9.17, 15) is 9.90 Å². The van der Waals surface area contributed by atoms with Crippen LogP contribution < -0.4 is 0 Å². The van der Waals surface area contributed by atoms with Crippen molar-refractivity contribution in [3.8, 4) is 11.1 Å². The van der Waals surface area contributed by atoms with Crippen LogP contribution in [-0.4, -0.2) is 40.6 Å². The highest BCUT2D eigenvalue weighted by atomic mass is 35.5. The summed E-state index contributed by atoms with van der Waals surface area (Å²) in [5, 5.41) is 10.9. The first kappa shape index (κ1) is 16.6. The maximum atomic E-state index is 12.9. The summed E-state index contributed by atoms with van der Waals surface area (Å²) in [6.45, 7) is 1.72. The number of hydrogen-bond donors (Lipinski definition) is 2. The predicted octanol–water partition coefficient (Wildman–Crippen LogP) is 3.94. The number of rotatable bonds is 4. The van der Waals surface area contributed by atoms with Gasteiger partial charge in [0, 0.05) is 28.5 Å². The van der Waals surface area contributed by atoms with Crippen LogP contribution in [-0.2, 0) is 0 Å². The van der Waals surface area contributed by atoms with E-state index in [0.717, 1.165) is 22.0 Å². The summed E-state index contributed by atoms with van der Waals surface area (Å²) >= 11 is 6.16. The van der Waals surface area contributed by atoms with Crippen molar-refractivity contribution in [3.63, 3.8) is 0 Å². The minimum absolute atomic E-state index is 0.0883. The Morgan fingerprint density at radius 3 is 2.62 bits per heavy atom. The highest BCUT2D eigenvalue weighted by Crippen LogP contribution is 2.34. The highest BCUT2D eigenvalue weighted by Gasteiger charge is 2.24. The molecule has 2 N–H and O–H groups in total. The number of fused-ring (bicyclic) bond motifs is 1. The van der Waals surface area contributed by atoms with Crippen molar-refractivity contribution < 1.29 is 9.90 Å². The maximum Gasteiger partial charge on any atom is 0.271 e. The van der Waals surface area contributed by atoms with E-state index in [1.807, 2.05) is 42.5 Å². The fraction of sp³-hybridized carbons (Fsp3) is 0.211. The minimum Gasteiger partial charge on any atom is -0.394 e. The van der Waals surface area contributed by atoms with Crippen LogP contribution in [0.15, 0.2) is 48.5 Å². The van der Waals surface area contributed by atoms with E-state index in [1.165, 1.54) is 0 Å². The summed E-state index contributed by atoms with van der Waals surface area (Å²) in [6.07, 6.45) is 0. The van der Waals surface area contributed by atoms with Crippen molar-refractivity contribution in [2.45, 2.75) is 13.0 Å². The van der Waals surface area contributed by atoms with Crippen molar-refractivity contribution in [3.05, 3.63) is 59.2 Å². The van der Waals surface area contributed by atoms with E-state index in [1.54, 1.807) is 24.9 Å². The van der Waals surface area contributed by atoms with Crippen molar-refractivity contribution in [1.29, 1.82) is 0 Å². The molecule has 3 aromatic rings. The van der Waals surface area contributed by atoms with Gasteiger partial charge < -0.3 is 15.0 Å². The second-order valence-corrected chi connectivity index (χ2v) is 6.32. The zero-order valence-corrected chi connectivity index (χ0v) is 14.3. The number of likely N-dealkylation sites (N-methyl/N-ethyl adjacent to an activating group) is 1. The molecule has 1 aromatic heterocycles. The van der Waals surface area contributed by atoms with Gasteiger partial charge in [-0.3, -0.25) is 4.79 Å². The predicted molar refractivity (Wildman–Crippen MR) is 97.4 cm³/mol. The number of hydrogen-bond acceptors (Lipinski definition) is 2. The van der Waals surface area contributed by atoms with Crippen LogP contribution in [0.2, 0.25) is 5.02 Å². The first-order valence-electron chi connectivity index (χ1n) is 7.77. The fourth-order valence-corrected chi connectivity index (χ4v) is 2.90. The molecule has 0 saturated heterocycles. The zero-order valence-electron chi connectivity index (χ0n) is 13.6. The van der Waals surface area contributed by atoms with Crippen molar-refractivity contribution in [2.24, 2.45) is 0 Å². The Balaban J connectivity index is 2.22. The summed E-state index contributed by atoms with van der Waals surface area (Å²) in [5.74, 6) is -0.164. The number of halogens is 1. The molecule has 0 bridgehead atoms. The Morgan fingerprint density at radius 1 is 1.25 bits per heavy atom. The number of nitrogens with zero attached hydrogens (tertiary/aromatic N) is 1. The van der Waals surface area contributed by atoms with Gasteiger partial charge in [-0.1, -0.05) is 41.9 Å². The summed E-state index contributed by atoms with van der Waals surface area (Å²) in [6, 6.07) is 15.0. The number of benzene rings is 2. The van der Waals surface area contributed by atoms with Gasteiger partial charge in [-0.25, -0.2) is 0 Å². The molecule has 0 radical (unpaired) electrons. The van der Waals surface area contributed by atoms with Crippen LogP contribution in [0.1, 0.15) is 17.4 Å². The van der Waals surface area contributed by atoms with Crippen LogP contribution in [0, 0.1) is 0 Å². The molecule has 0 fully saturated rings. The van der Waals surface area contributed by atoms with Crippen LogP contribution in [0.4, 0.5) is 0 Å². The Hall–Kier alpha value is -2.30. The first-order chi connectivity index (χ1) is 11.5. The largest absolute Gasteiger partial charge is 0.394 e. The molecule has 4 nitrogen and oxygen atoms in total. The third-order valence-electron chi connectivity index (χ3n) is 4.28. The second kappa shape index (κ2) is 6.67. The van der Waals surface area contributed by atoms with Gasteiger partial charge in [0.1, 0.15) is 5.69 Å². The van der Waals surface area contributed by atoms with E-state index in [4.69, 9.17) is 11.6 Å². The number of aromatic amines is 1. The quantitative estimate of drug-likeness (QED) is 0.754. The van der Waals surface area contributed by atoms with Crippen LogP contribution in [0.3, 0.4) is 0 Å². The van der Waals surface area contributed by atoms with Crippen LogP contribution in [0.5, 0.6) is 0 Å². The molecule has 124 valence electrons. The Morgan fingerprint density at radius 2 is 1.96 bits per heavy atom. The molecule has 0 aliphatic heterocycles. The molecule has 3 rings (SSSR count). The Bertz CT molecular complexity index is 874. The zero-order chi connectivity index (χ0) is 17.3. The number of aromatic nitrogens is 1. The monoisotopic (exact) mass is 342 g/mol. The average Bonchev–Trinajstić information content (AvgIpc) is 2.98. The molecular weight excluding hydrogens is 324 g/mol. The van der Waals surface area contributed by atoms with Gasteiger partial charge in [0.05, 0.1) is 12.6 Å². The third-order valence-corrected chi connectivity index (χ3v) is 4.52. The number of amides is 1. The second-order valence-electron chi connectivity index (χ2n) is 5.88. The van der Waals surface area contributed by atoms with Crippen molar-refractivity contribution in [1.82, 2.24) is 9.88 Å². The lowest BCUT2D eigenvalue weighted by Gasteiger charge is -2.23. The Kier molecular flexibility index (Phi) is 4.60. The van der Waals surface area contributed by atoms with Gasteiger partial charge in [-0.2, -0.15) is 0 Å². The smallest absolute Gasteiger partial charge is 0.271 e. The van der Waals surface area contributed by atoms with Crippen molar-refractivity contribution in [2.75, 3.05) is 13.7 Å². The topological polar surface area (TPSA) is 56.3 Å². The molecule has 24 heavy (non-hydrogen) atoms. The van der Waals surface area contributed by atoms with E-state index < -0.39 is 0 Å². The first-order valence-corrected chi connectivity index (χ1v) is 8.15. The van der Waals surface area contributed by atoms with E-state index in [-0.39, 0.29) is 18.6 Å². The van der Waals surface area contributed by atoms with E-state index in [2.05, 4.69) is 4.98 Å². The normalized spacial score (nSPS) is 12.3. The number of carbonyl (C=O) groups excluding carboxylic acids is 1. The number of nitrogens with one attached hydrogen (secondary N) is 1. The van der Waals surface area contributed by atoms with E-state index in [0.29, 0.717) is 10.7 Å². The molecule has 5 heteroatoms. The van der Waals surface area contributed by atoms with Crippen molar-refractivity contribution >= 4 is 28.4 Å². The van der Waals surface area contributed by atoms with Gasteiger partial charge in [-0.05, 0) is 30.7 Å². The number of aliphatic hydroxyl groups is 1. The molecule has 1 atom stereocenters. The Labute approximate surface area is 145 Å². The molecule has 0 unspecified atom stereocenters. The lowest BCUT2D eigenvalue weighted by atomic mass is 10.0. The maximum absolute atomic E-state index is 12.9. The highest BCUT2D eigenvalue weighted by molar-refractivity contribution is 6.31. The van der Waals surface area contributed by atoms with Gasteiger partial charge in [0.2, 0.25) is 0 Å². The fourth-order valence-electron chi connectivity index (χ4n) is 2.73. The summed E-state index contributed by atoms with van der Waals surface area (Å²) in [4.78, 5) is 17.7. The molecule has 0 saturated carbocycles. The molecule has 1 amide bonds. The lowest BCUT2D eigenvalue weighted by molar-refractivity contribution is 0.0678. The number of carbonyl (C=O) groups is 1. The SMILES string of the molecule is C[C@H](CO)N(C)C(=O)c1[nH]c2ccc(Cl)cc2c1-c1ccccc1. The van der Waals surface area contributed by atoms with Crippen LogP contribution >= 0.6 is 11.6 Å². The minimum atomic E-state index is -0.267. The third kappa shape index (κ3) is 2.90. The van der Waals surface area contributed by atoms with Gasteiger partial charge in [0.25, 0.3) is 5.91 Å². The number of H-pyrrole nitrogens is 1. The van der Waals surface area contributed by atoms with Gasteiger partial charge >= 0.3 is 0 Å². The lowest BCUT2D eigenvalue weighted by Crippen LogP contribution is -2.37. The standard InChI is InChI=1S/C19H19ClN2O2/c1-12(11-23)22(2)19(24)18-17(13-6-4-3-5-7-13)15-10-14(20)8-9-16(15)21-18/h3-10,12,21,23H,11H2,1-2H3/t12-/m1/s1. The van der Waals surface area contributed by atoms with E-state index >= 15 is 0 Å². The molecule has 0 spiro atoms. The molecular formula is C19H19ClN2O2. The van der Waals surface area contributed by atoms with Gasteiger partial charge in [0.15, 0.2) is 0 Å². The average molecular weight is 343 g/mol. The molecule has 0 aliphatic rings.